The van der Waals surface area contributed by atoms with Gasteiger partial charge in [-0.15, -0.1) is 0 Å². The molecule has 0 aromatic carbocycles. The van der Waals surface area contributed by atoms with E-state index in [0.717, 1.165) is 0 Å². The SMILES string of the molecule is [C]1=NSC=CO1. The van der Waals surface area contributed by atoms with Crippen molar-refractivity contribution < 1.29 is 4.74 Å². The Labute approximate surface area is 40.0 Å². The maximum absolute atomic E-state index is 4.45. The number of ether oxygens (including phenoxy) is 1. The van der Waals surface area contributed by atoms with Gasteiger partial charge < -0.3 is 4.74 Å². The van der Waals surface area contributed by atoms with Crippen LogP contribution in [0.15, 0.2) is 16.1 Å². The molecule has 1 aliphatic rings. The van der Waals surface area contributed by atoms with E-state index in [-0.39, 0.29) is 0 Å². The first-order chi connectivity index (χ1) is 3.00. The Balaban J connectivity index is 2.40. The van der Waals surface area contributed by atoms with Gasteiger partial charge in [-0.05, 0) is 0 Å². The number of hydrogen-bond acceptors (Lipinski definition) is 3. The van der Waals surface area contributed by atoms with E-state index in [1.165, 1.54) is 18.2 Å². The van der Waals surface area contributed by atoms with Gasteiger partial charge in [0.05, 0.1) is 0 Å². The Hall–Kier alpha value is -0.440. The molecule has 0 fully saturated rings. The fraction of sp³-hybridized carbons (Fsp3) is 0. The van der Waals surface area contributed by atoms with E-state index >= 15 is 0 Å². The highest BCUT2D eigenvalue weighted by atomic mass is 32.2. The van der Waals surface area contributed by atoms with E-state index in [4.69, 9.17) is 0 Å². The molecule has 0 aliphatic carbocycles. The Kier molecular flexibility index (Phi) is 1.17. The average molecular weight is 100 g/mol. The summed E-state index contributed by atoms with van der Waals surface area (Å²) in [5.74, 6) is 0. The van der Waals surface area contributed by atoms with Gasteiger partial charge in [-0.25, -0.2) is 0 Å². The Morgan fingerprint density at radius 1 is 1.83 bits per heavy atom. The van der Waals surface area contributed by atoms with Crippen molar-refractivity contribution in [3.8, 4) is 0 Å². The van der Waals surface area contributed by atoms with Crippen molar-refractivity contribution in [3.05, 3.63) is 11.7 Å². The van der Waals surface area contributed by atoms with E-state index in [9.17, 15) is 0 Å². The number of nitrogens with zero attached hydrogens (tertiary/aromatic N) is 1. The smallest absolute Gasteiger partial charge is 0.291 e. The Morgan fingerprint density at radius 3 is 3.00 bits per heavy atom. The molecule has 1 aliphatic heterocycles. The van der Waals surface area contributed by atoms with E-state index < -0.39 is 0 Å². The largest absolute Gasteiger partial charge is 0.442 e. The third kappa shape index (κ3) is 0.755. The predicted octanol–water partition coefficient (Wildman–Crippen LogP) is 1.04. The third-order valence-electron chi connectivity index (χ3n) is 0.327. The monoisotopic (exact) mass is 100.0 g/mol. The van der Waals surface area contributed by atoms with Crippen LogP contribution in [0.5, 0.6) is 0 Å². The van der Waals surface area contributed by atoms with Gasteiger partial charge in [-0.1, -0.05) is 0 Å². The molecule has 0 aromatic heterocycles. The first kappa shape index (κ1) is 3.74. The van der Waals surface area contributed by atoms with E-state index in [1.807, 2.05) is 0 Å². The highest BCUT2D eigenvalue weighted by molar-refractivity contribution is 8.01. The molecule has 0 spiro atoms. The molecule has 31 valence electrons. The van der Waals surface area contributed by atoms with Gasteiger partial charge in [-0.2, -0.15) is 4.40 Å². The lowest BCUT2D eigenvalue weighted by Crippen LogP contribution is -1.75. The highest BCUT2D eigenvalue weighted by Crippen LogP contribution is 2.05. The molecule has 6 heavy (non-hydrogen) atoms. The minimum absolute atomic E-state index is 1.30. The van der Waals surface area contributed by atoms with Crippen LogP contribution in [-0.4, -0.2) is 6.40 Å². The van der Waals surface area contributed by atoms with Gasteiger partial charge in [0.15, 0.2) is 0 Å². The van der Waals surface area contributed by atoms with Crippen LogP contribution in [0.2, 0.25) is 0 Å². The van der Waals surface area contributed by atoms with Crippen LogP contribution in [0.4, 0.5) is 0 Å². The van der Waals surface area contributed by atoms with Crippen LogP contribution >= 0.6 is 11.9 Å². The third-order valence-corrected chi connectivity index (χ3v) is 0.740. The molecule has 0 unspecified atom stereocenters. The fourth-order valence-electron chi connectivity index (χ4n) is 0.157. The zero-order valence-corrected chi connectivity index (χ0v) is 3.73. The average Bonchev–Trinajstić information content (AvgIpc) is 1.72. The van der Waals surface area contributed by atoms with E-state index in [2.05, 4.69) is 15.5 Å². The van der Waals surface area contributed by atoms with Gasteiger partial charge in [0, 0.05) is 17.4 Å². The summed E-state index contributed by atoms with van der Waals surface area (Å²) in [5, 5.41) is 1.73. The Morgan fingerprint density at radius 2 is 2.83 bits per heavy atom. The van der Waals surface area contributed by atoms with Crippen molar-refractivity contribution in [1.82, 2.24) is 0 Å². The molecule has 1 radical (unpaired) electrons. The minimum atomic E-state index is 1.30. The van der Waals surface area contributed by atoms with Crippen LogP contribution < -0.4 is 0 Å². The second-order valence-corrected chi connectivity index (χ2v) is 1.34. The van der Waals surface area contributed by atoms with Gasteiger partial charge in [0.25, 0.3) is 6.40 Å². The maximum atomic E-state index is 4.45. The molecule has 0 bridgehead atoms. The van der Waals surface area contributed by atoms with Crippen molar-refractivity contribution in [3.63, 3.8) is 0 Å². The molecule has 0 aromatic rings. The second-order valence-electron chi connectivity index (χ2n) is 0.678. The molecule has 0 saturated carbocycles. The standard InChI is InChI=1S/C3H2NOS/c1-2-6-4-3-5-1/h1-2H. The summed E-state index contributed by atoms with van der Waals surface area (Å²) in [6.45, 7) is 0. The maximum Gasteiger partial charge on any atom is 0.291 e. The Bertz CT molecular complexity index is 68.8. The van der Waals surface area contributed by atoms with Gasteiger partial charge in [0.1, 0.15) is 6.26 Å². The molecule has 2 nitrogen and oxygen atoms in total. The van der Waals surface area contributed by atoms with Crippen molar-refractivity contribution in [2.45, 2.75) is 0 Å². The molecule has 0 N–H and O–H groups in total. The van der Waals surface area contributed by atoms with Crippen molar-refractivity contribution in [2.75, 3.05) is 0 Å². The van der Waals surface area contributed by atoms with E-state index in [0.29, 0.717) is 0 Å². The topological polar surface area (TPSA) is 21.6 Å². The summed E-state index contributed by atoms with van der Waals surface area (Å²) in [6, 6.07) is 0. The summed E-state index contributed by atoms with van der Waals surface area (Å²) >= 11 is 1.30. The molecule has 0 amide bonds. The molecule has 3 heteroatoms. The summed E-state index contributed by atoms with van der Waals surface area (Å²) in [5.41, 5.74) is 0. The zero-order valence-electron chi connectivity index (χ0n) is 2.92. The highest BCUT2D eigenvalue weighted by Gasteiger charge is 1.79. The summed E-state index contributed by atoms with van der Waals surface area (Å²) in [4.78, 5) is 0. The predicted molar refractivity (Wildman–Crippen MR) is 25.3 cm³/mol. The molecule has 0 saturated heterocycles. The van der Waals surface area contributed by atoms with Crippen molar-refractivity contribution >= 4 is 18.3 Å². The van der Waals surface area contributed by atoms with Crippen molar-refractivity contribution in [2.24, 2.45) is 4.40 Å². The molecule has 1 heterocycles. The first-order valence-corrected chi connectivity index (χ1v) is 2.25. The lowest BCUT2D eigenvalue weighted by Gasteiger charge is -1.88. The van der Waals surface area contributed by atoms with Gasteiger partial charge >= 0.3 is 0 Å². The van der Waals surface area contributed by atoms with Crippen molar-refractivity contribution in [1.29, 1.82) is 0 Å². The summed E-state index contributed by atoms with van der Waals surface area (Å²) < 4.78 is 7.99. The van der Waals surface area contributed by atoms with Gasteiger partial charge in [0.2, 0.25) is 0 Å². The quantitative estimate of drug-likeness (QED) is 0.424. The second kappa shape index (κ2) is 1.87. The lowest BCUT2D eigenvalue weighted by molar-refractivity contribution is 0.495. The minimum Gasteiger partial charge on any atom is -0.442 e. The molecular formula is C3H2NOS. The fourth-order valence-corrected chi connectivity index (χ4v) is 0.409. The lowest BCUT2D eigenvalue weighted by atomic mass is 11.1. The normalized spacial score (nSPS) is 17.3. The van der Waals surface area contributed by atoms with Crippen LogP contribution in [0.1, 0.15) is 0 Å². The van der Waals surface area contributed by atoms with Crippen LogP contribution in [0.3, 0.4) is 0 Å². The van der Waals surface area contributed by atoms with E-state index in [1.54, 1.807) is 5.41 Å². The molecule has 1 rings (SSSR count). The molecular weight excluding hydrogens is 98.1 g/mol. The van der Waals surface area contributed by atoms with Crippen LogP contribution in [0.25, 0.3) is 0 Å². The van der Waals surface area contributed by atoms with Crippen LogP contribution in [0, 0.1) is 0 Å². The first-order valence-electron chi connectivity index (χ1n) is 1.42. The summed E-state index contributed by atoms with van der Waals surface area (Å²) in [7, 11) is 0. The summed E-state index contributed by atoms with van der Waals surface area (Å²) in [6.07, 6.45) is 3.81. The zero-order chi connectivity index (χ0) is 4.24. The van der Waals surface area contributed by atoms with Gasteiger partial charge in [-0.3, -0.25) is 0 Å². The van der Waals surface area contributed by atoms with Crippen LogP contribution in [-0.2, 0) is 4.74 Å². The number of rotatable bonds is 0. The molecule has 0 atom stereocenters. The number of hydrogen-bond donors (Lipinski definition) is 0.